The van der Waals surface area contributed by atoms with E-state index < -0.39 is 11.1 Å². The third-order valence-electron chi connectivity index (χ3n) is 1.90. The summed E-state index contributed by atoms with van der Waals surface area (Å²) in [7, 11) is 0. The number of thiophene rings is 1. The molecule has 1 unspecified atom stereocenters. The van der Waals surface area contributed by atoms with E-state index in [2.05, 4.69) is 0 Å². The highest BCUT2D eigenvalue weighted by Gasteiger charge is 2.09. The van der Waals surface area contributed by atoms with Gasteiger partial charge in [-0.05, 0) is 30.0 Å². The van der Waals surface area contributed by atoms with E-state index in [-0.39, 0.29) is 0 Å². The molecule has 78 valence electrons. The first-order valence-corrected chi connectivity index (χ1v) is 6.47. The highest BCUT2D eigenvalue weighted by Crippen LogP contribution is 2.20. The second kappa shape index (κ2) is 4.59. The van der Waals surface area contributed by atoms with E-state index in [1.165, 1.54) is 11.3 Å². The van der Waals surface area contributed by atoms with Crippen LogP contribution in [0.2, 0.25) is 0 Å². The summed E-state index contributed by atoms with van der Waals surface area (Å²) in [6, 6.07) is 9.19. The molecule has 1 atom stereocenters. The Hall–Kier alpha value is -1.13. The van der Waals surface area contributed by atoms with E-state index in [1.54, 1.807) is 12.1 Å². The van der Waals surface area contributed by atoms with Gasteiger partial charge in [0.2, 0.25) is 11.1 Å². The third kappa shape index (κ3) is 2.46. The molecule has 15 heavy (non-hydrogen) atoms. The molecule has 2 aromatic rings. The maximum atomic E-state index is 11.8. The quantitative estimate of drug-likeness (QED) is 0.821. The Morgan fingerprint density at radius 3 is 2.53 bits per heavy atom. The largest absolute Gasteiger partial charge is 0.397 e. The molecule has 1 heterocycles. The smallest absolute Gasteiger partial charge is 0.241 e. The topological polar surface area (TPSA) is 26.3 Å². The Morgan fingerprint density at radius 2 is 1.93 bits per heavy atom. The summed E-state index contributed by atoms with van der Waals surface area (Å²) >= 11 is 0.128. The van der Waals surface area contributed by atoms with Gasteiger partial charge in [-0.25, -0.2) is 4.21 Å². The molecular weight excluding hydrogens is 228 g/mol. The first-order chi connectivity index (χ1) is 7.27. The van der Waals surface area contributed by atoms with Crippen LogP contribution < -0.4 is 4.18 Å². The fourth-order valence-electron chi connectivity index (χ4n) is 1.13. The maximum Gasteiger partial charge on any atom is 0.241 e. The lowest BCUT2D eigenvalue weighted by Gasteiger charge is -2.03. The van der Waals surface area contributed by atoms with Crippen LogP contribution in [0.4, 0.5) is 0 Å². The molecule has 0 aliphatic rings. The highest BCUT2D eigenvalue weighted by atomic mass is 32.2. The Morgan fingerprint density at radius 1 is 1.20 bits per heavy atom. The average Bonchev–Trinajstić information content (AvgIpc) is 2.66. The summed E-state index contributed by atoms with van der Waals surface area (Å²) in [6.07, 6.45) is 0. The van der Waals surface area contributed by atoms with Crippen molar-refractivity contribution in [1.82, 2.24) is 0 Å². The van der Waals surface area contributed by atoms with Crippen molar-refractivity contribution in [3.8, 4) is 5.75 Å². The number of benzene rings is 1. The van der Waals surface area contributed by atoms with Gasteiger partial charge in [-0.2, -0.15) is 11.3 Å². The Balaban J connectivity index is 2.15. The van der Waals surface area contributed by atoms with Gasteiger partial charge in [0.15, 0.2) is 0 Å². The van der Waals surface area contributed by atoms with E-state index in [0.717, 1.165) is 10.5 Å². The molecule has 0 bridgehead atoms. The second-order valence-corrected chi connectivity index (χ2v) is 4.87. The van der Waals surface area contributed by atoms with Crippen LogP contribution in [0.3, 0.4) is 0 Å². The first-order valence-electron chi connectivity index (χ1n) is 4.45. The van der Waals surface area contributed by atoms with Gasteiger partial charge in [0.25, 0.3) is 0 Å². The van der Waals surface area contributed by atoms with Crippen LogP contribution in [0.25, 0.3) is 0 Å². The van der Waals surface area contributed by atoms with Gasteiger partial charge in [0, 0.05) is 5.38 Å². The third-order valence-corrected chi connectivity index (χ3v) is 4.06. The van der Waals surface area contributed by atoms with Crippen molar-refractivity contribution in [1.29, 1.82) is 0 Å². The summed E-state index contributed by atoms with van der Waals surface area (Å²) in [5.41, 5.74) is 1.01. The molecule has 0 saturated heterocycles. The summed E-state index contributed by atoms with van der Waals surface area (Å²) in [6.45, 7) is 1.93. The SMILES string of the molecule is Cc1cscc1S(=O)Oc1ccccc1. The standard InChI is InChI=1S/C11H10O2S2/c1-9-7-14-8-11(9)15(12)13-10-5-3-2-4-6-10/h2-8H,1H3. The van der Waals surface area contributed by atoms with Gasteiger partial charge in [0.05, 0.1) is 4.90 Å². The summed E-state index contributed by atoms with van der Waals surface area (Å²) in [5.74, 6) is 0.626. The molecule has 0 spiro atoms. The number of hydrogen-bond donors (Lipinski definition) is 0. The van der Waals surface area contributed by atoms with Crippen LogP contribution in [0.15, 0.2) is 46.0 Å². The van der Waals surface area contributed by atoms with Crippen LogP contribution in [0.1, 0.15) is 5.56 Å². The lowest BCUT2D eigenvalue weighted by atomic mass is 10.3. The van der Waals surface area contributed by atoms with Gasteiger partial charge in [-0.1, -0.05) is 18.2 Å². The van der Waals surface area contributed by atoms with Crippen molar-refractivity contribution in [3.63, 3.8) is 0 Å². The molecule has 1 aromatic heterocycles. The van der Waals surface area contributed by atoms with Crippen molar-refractivity contribution in [2.24, 2.45) is 0 Å². The van der Waals surface area contributed by atoms with E-state index in [4.69, 9.17) is 4.18 Å². The minimum atomic E-state index is -1.40. The lowest BCUT2D eigenvalue weighted by Crippen LogP contribution is -2.00. The predicted molar refractivity (Wildman–Crippen MR) is 62.5 cm³/mol. The van der Waals surface area contributed by atoms with Crippen LogP contribution in [-0.2, 0) is 11.1 Å². The molecule has 1 aromatic carbocycles. The molecule has 0 amide bonds. The van der Waals surface area contributed by atoms with E-state index in [9.17, 15) is 4.21 Å². The van der Waals surface area contributed by atoms with Gasteiger partial charge < -0.3 is 4.18 Å². The predicted octanol–water partition coefficient (Wildman–Crippen LogP) is 3.16. The minimum Gasteiger partial charge on any atom is -0.397 e. The van der Waals surface area contributed by atoms with E-state index in [0.29, 0.717) is 5.75 Å². The first kappa shape index (κ1) is 10.4. The van der Waals surface area contributed by atoms with Gasteiger partial charge in [-0.3, -0.25) is 0 Å². The minimum absolute atomic E-state index is 0.626. The molecule has 2 rings (SSSR count). The van der Waals surface area contributed by atoms with Crippen LogP contribution in [0.5, 0.6) is 5.75 Å². The summed E-state index contributed by atoms with van der Waals surface area (Å²) < 4.78 is 17.1. The van der Waals surface area contributed by atoms with Crippen molar-refractivity contribution in [2.75, 3.05) is 0 Å². The molecule has 0 aliphatic heterocycles. The molecule has 0 saturated carbocycles. The maximum absolute atomic E-state index is 11.8. The molecule has 4 heteroatoms. The van der Waals surface area contributed by atoms with Crippen molar-refractivity contribution in [2.45, 2.75) is 11.8 Å². The number of aryl methyl sites for hydroxylation is 1. The average molecular weight is 238 g/mol. The lowest BCUT2D eigenvalue weighted by molar-refractivity contribution is 0.562. The molecular formula is C11H10O2S2. The number of para-hydroxylation sites is 1. The normalized spacial score (nSPS) is 12.3. The fraction of sp³-hybridized carbons (Fsp3) is 0.0909. The van der Waals surface area contributed by atoms with E-state index >= 15 is 0 Å². The molecule has 0 radical (unpaired) electrons. The second-order valence-electron chi connectivity index (χ2n) is 3.05. The Kier molecular flexibility index (Phi) is 3.18. The fourth-order valence-corrected chi connectivity index (χ4v) is 3.09. The molecule has 2 nitrogen and oxygen atoms in total. The number of hydrogen-bond acceptors (Lipinski definition) is 3. The van der Waals surface area contributed by atoms with Crippen LogP contribution in [-0.4, -0.2) is 4.21 Å². The van der Waals surface area contributed by atoms with Crippen molar-refractivity contribution >= 4 is 22.4 Å². The van der Waals surface area contributed by atoms with Crippen molar-refractivity contribution in [3.05, 3.63) is 46.7 Å². The molecule has 0 N–H and O–H groups in total. The molecule has 0 fully saturated rings. The van der Waals surface area contributed by atoms with Gasteiger partial charge in [0.1, 0.15) is 5.75 Å². The summed E-state index contributed by atoms with van der Waals surface area (Å²) in [4.78, 5) is 0.754. The highest BCUT2D eigenvalue weighted by molar-refractivity contribution is 7.80. The molecule has 0 aliphatic carbocycles. The zero-order valence-corrected chi connectivity index (χ0v) is 9.81. The van der Waals surface area contributed by atoms with Crippen molar-refractivity contribution < 1.29 is 8.39 Å². The van der Waals surface area contributed by atoms with E-state index in [1.807, 2.05) is 35.9 Å². The number of rotatable bonds is 3. The summed E-state index contributed by atoms with van der Waals surface area (Å²) in [5, 5.41) is 3.82. The van der Waals surface area contributed by atoms with Gasteiger partial charge in [-0.15, -0.1) is 0 Å². The van der Waals surface area contributed by atoms with Gasteiger partial charge >= 0.3 is 0 Å². The Bertz CT molecular complexity index is 462. The zero-order valence-electron chi connectivity index (χ0n) is 8.17. The zero-order chi connectivity index (χ0) is 10.7. The van der Waals surface area contributed by atoms with Crippen LogP contribution >= 0.6 is 11.3 Å². The monoisotopic (exact) mass is 238 g/mol. The van der Waals surface area contributed by atoms with Crippen LogP contribution in [0, 0.1) is 6.92 Å². The Labute approximate surface area is 95.2 Å².